The van der Waals surface area contributed by atoms with Gasteiger partial charge in [0.2, 0.25) is 5.95 Å². The van der Waals surface area contributed by atoms with Gasteiger partial charge in [-0.3, -0.25) is 4.79 Å². The molecule has 23 heavy (non-hydrogen) atoms. The first-order valence-electron chi connectivity index (χ1n) is 7.07. The van der Waals surface area contributed by atoms with E-state index in [-0.39, 0.29) is 18.1 Å². The third-order valence-electron chi connectivity index (χ3n) is 3.29. The largest absolute Gasteiger partial charge is 0.392 e. The number of nitrogens with zero attached hydrogens (tertiary/aromatic N) is 3. The Morgan fingerprint density at radius 3 is 2.83 bits per heavy atom. The molecule has 0 aliphatic rings. The van der Waals surface area contributed by atoms with Gasteiger partial charge in [0.25, 0.3) is 5.56 Å². The van der Waals surface area contributed by atoms with Crippen LogP contribution in [0, 0.1) is 0 Å². The van der Waals surface area contributed by atoms with Crippen molar-refractivity contribution in [3.63, 3.8) is 0 Å². The molecule has 0 spiro atoms. The molecular weight excluding hydrogens is 296 g/mol. The van der Waals surface area contributed by atoms with E-state index in [1.807, 2.05) is 0 Å². The summed E-state index contributed by atoms with van der Waals surface area (Å²) in [5, 5.41) is 13.6. The molecule has 5 N–H and O–H groups in total. The average Bonchev–Trinajstić information content (AvgIpc) is 2.53. The van der Waals surface area contributed by atoms with Crippen LogP contribution in [0.25, 0.3) is 22.0 Å². The van der Waals surface area contributed by atoms with Gasteiger partial charge in [-0.15, -0.1) is 0 Å². The molecule has 0 aliphatic carbocycles. The van der Waals surface area contributed by atoms with Crippen LogP contribution >= 0.6 is 0 Å². The lowest BCUT2D eigenvalue weighted by Gasteiger charge is -2.12. The summed E-state index contributed by atoms with van der Waals surface area (Å²) in [6, 6.07) is 3.57. The zero-order chi connectivity index (χ0) is 16.4. The normalized spacial score (nSPS) is 12.3. The molecule has 0 radical (unpaired) electrons. The molecule has 3 aromatic heterocycles. The van der Waals surface area contributed by atoms with Crippen molar-refractivity contribution in [3.05, 3.63) is 41.1 Å². The molecule has 8 nitrogen and oxygen atoms in total. The molecule has 8 heteroatoms. The zero-order valence-electron chi connectivity index (χ0n) is 12.4. The molecule has 0 aromatic carbocycles. The maximum Gasteiger partial charge on any atom is 0.259 e. The number of rotatable bonds is 4. The number of nitrogens with one attached hydrogen (secondary N) is 2. The highest BCUT2D eigenvalue weighted by Gasteiger charge is 2.11. The van der Waals surface area contributed by atoms with Crippen molar-refractivity contribution in [1.82, 2.24) is 19.9 Å². The lowest BCUT2D eigenvalue weighted by Crippen LogP contribution is -2.18. The Labute approximate surface area is 131 Å². The fourth-order valence-electron chi connectivity index (χ4n) is 2.20. The first-order valence-corrected chi connectivity index (χ1v) is 7.07. The van der Waals surface area contributed by atoms with Gasteiger partial charge in [-0.25, -0.2) is 15.0 Å². The van der Waals surface area contributed by atoms with Gasteiger partial charge in [0, 0.05) is 30.7 Å². The molecule has 0 amide bonds. The Hall–Kier alpha value is -3.00. The molecule has 0 unspecified atom stereocenters. The van der Waals surface area contributed by atoms with Gasteiger partial charge >= 0.3 is 0 Å². The molecule has 0 fully saturated rings. The summed E-state index contributed by atoms with van der Waals surface area (Å²) < 4.78 is 0. The number of hydrogen-bond acceptors (Lipinski definition) is 7. The fraction of sp³-hybridized carbons (Fsp3) is 0.200. The second-order valence-electron chi connectivity index (χ2n) is 5.19. The minimum atomic E-state index is -0.571. The van der Waals surface area contributed by atoms with Crippen LogP contribution in [0.1, 0.15) is 6.92 Å². The van der Waals surface area contributed by atoms with Crippen LogP contribution in [-0.2, 0) is 0 Å². The number of pyridine rings is 2. The summed E-state index contributed by atoms with van der Waals surface area (Å²) in [5.74, 6) is 0.579. The number of nitrogen functional groups attached to an aromatic ring is 1. The maximum absolute atomic E-state index is 12.1. The summed E-state index contributed by atoms with van der Waals surface area (Å²) in [7, 11) is 0. The highest BCUT2D eigenvalue weighted by atomic mass is 16.3. The lowest BCUT2D eigenvalue weighted by molar-refractivity contribution is 0.208. The second-order valence-corrected chi connectivity index (χ2v) is 5.19. The molecule has 0 saturated carbocycles. The standard InChI is InChI=1S/C15H16N6O2/c1-8(22)5-18-13-12-9(2-3-17-14(12)23)4-11(21-13)10-6-19-15(16)20-7-10/h2-4,6-8,22H,5H2,1H3,(H,17,23)(H,18,21)(H2,16,19,20)/t8-/m1/s1. The van der Waals surface area contributed by atoms with Crippen molar-refractivity contribution in [2.75, 3.05) is 17.6 Å². The second kappa shape index (κ2) is 6.01. The highest BCUT2D eigenvalue weighted by molar-refractivity contribution is 5.93. The van der Waals surface area contributed by atoms with E-state index in [1.54, 1.807) is 37.6 Å². The predicted octanol–water partition coefficient (Wildman–Crippen LogP) is 0.755. The molecular formula is C15H16N6O2. The Kier molecular flexibility index (Phi) is 3.90. The van der Waals surface area contributed by atoms with Crippen molar-refractivity contribution < 1.29 is 5.11 Å². The van der Waals surface area contributed by atoms with E-state index >= 15 is 0 Å². The Morgan fingerprint density at radius 2 is 2.13 bits per heavy atom. The number of aliphatic hydroxyl groups excluding tert-OH is 1. The van der Waals surface area contributed by atoms with Gasteiger partial charge in [0.1, 0.15) is 5.82 Å². The van der Waals surface area contributed by atoms with Gasteiger partial charge in [0.15, 0.2) is 0 Å². The average molecular weight is 312 g/mol. The van der Waals surface area contributed by atoms with Gasteiger partial charge in [-0.1, -0.05) is 0 Å². The number of hydrogen-bond donors (Lipinski definition) is 4. The van der Waals surface area contributed by atoms with E-state index in [4.69, 9.17) is 5.73 Å². The third kappa shape index (κ3) is 3.11. The quantitative estimate of drug-likeness (QED) is 0.559. The van der Waals surface area contributed by atoms with Gasteiger partial charge in [-0.05, 0) is 24.4 Å². The molecule has 1 atom stereocenters. The number of aromatic amines is 1. The van der Waals surface area contributed by atoms with Crippen molar-refractivity contribution in [1.29, 1.82) is 0 Å². The molecule has 118 valence electrons. The van der Waals surface area contributed by atoms with Gasteiger partial charge < -0.3 is 21.1 Å². The number of aliphatic hydroxyl groups is 1. The summed E-state index contributed by atoms with van der Waals surface area (Å²) in [4.78, 5) is 27.1. The lowest BCUT2D eigenvalue weighted by atomic mass is 10.1. The molecule has 0 aliphatic heterocycles. The summed E-state index contributed by atoms with van der Waals surface area (Å²) in [6.45, 7) is 1.93. The minimum absolute atomic E-state index is 0.179. The molecule has 3 rings (SSSR count). The molecule has 3 aromatic rings. The molecule has 0 bridgehead atoms. The summed E-state index contributed by atoms with van der Waals surface area (Å²) >= 11 is 0. The van der Waals surface area contributed by atoms with E-state index < -0.39 is 6.10 Å². The number of anilines is 2. The molecule has 3 heterocycles. The smallest absolute Gasteiger partial charge is 0.259 e. The van der Waals surface area contributed by atoms with E-state index in [1.165, 1.54) is 0 Å². The van der Waals surface area contributed by atoms with E-state index in [2.05, 4.69) is 25.3 Å². The first kappa shape index (κ1) is 14.9. The van der Waals surface area contributed by atoms with Crippen molar-refractivity contribution in [2.45, 2.75) is 13.0 Å². The fourth-order valence-corrected chi connectivity index (χ4v) is 2.20. The SMILES string of the molecule is C[C@@H](O)CNc1nc(-c2cnc(N)nc2)cc2cc[nH]c(=O)c12. The highest BCUT2D eigenvalue weighted by Crippen LogP contribution is 2.25. The van der Waals surface area contributed by atoms with Crippen LogP contribution in [0.5, 0.6) is 0 Å². The van der Waals surface area contributed by atoms with Crippen LogP contribution < -0.4 is 16.6 Å². The van der Waals surface area contributed by atoms with Crippen molar-refractivity contribution in [3.8, 4) is 11.3 Å². The predicted molar refractivity (Wildman–Crippen MR) is 88.0 cm³/mol. The van der Waals surface area contributed by atoms with Crippen LogP contribution in [0.15, 0.2) is 35.5 Å². The van der Waals surface area contributed by atoms with Crippen LogP contribution in [0.4, 0.5) is 11.8 Å². The van der Waals surface area contributed by atoms with Crippen LogP contribution in [0.3, 0.4) is 0 Å². The summed E-state index contributed by atoms with van der Waals surface area (Å²) in [5.41, 5.74) is 6.54. The number of fused-ring (bicyclic) bond motifs is 1. The Balaban J connectivity index is 2.17. The minimum Gasteiger partial charge on any atom is -0.392 e. The van der Waals surface area contributed by atoms with Crippen LogP contribution in [-0.4, -0.2) is 37.7 Å². The third-order valence-corrected chi connectivity index (χ3v) is 3.29. The van der Waals surface area contributed by atoms with E-state index in [0.717, 1.165) is 5.39 Å². The van der Waals surface area contributed by atoms with Crippen LogP contribution in [0.2, 0.25) is 0 Å². The topological polar surface area (TPSA) is 130 Å². The monoisotopic (exact) mass is 312 g/mol. The van der Waals surface area contributed by atoms with Gasteiger partial charge in [-0.2, -0.15) is 0 Å². The van der Waals surface area contributed by atoms with Crippen molar-refractivity contribution >= 4 is 22.5 Å². The maximum atomic E-state index is 12.1. The summed E-state index contributed by atoms with van der Waals surface area (Å²) in [6.07, 6.45) is 4.15. The van der Waals surface area contributed by atoms with Gasteiger partial charge in [0.05, 0.1) is 17.2 Å². The number of aromatic nitrogens is 4. The Morgan fingerprint density at radius 1 is 1.39 bits per heavy atom. The zero-order valence-corrected chi connectivity index (χ0v) is 12.4. The first-order chi connectivity index (χ1) is 11.0. The number of nitrogens with two attached hydrogens (primary N) is 1. The Bertz CT molecular complexity index is 889. The van der Waals surface area contributed by atoms with E-state index in [9.17, 15) is 9.90 Å². The molecule has 0 saturated heterocycles. The number of H-pyrrole nitrogens is 1. The van der Waals surface area contributed by atoms with Crippen molar-refractivity contribution in [2.24, 2.45) is 0 Å². The van der Waals surface area contributed by atoms with E-state index in [0.29, 0.717) is 22.5 Å².